The van der Waals surface area contributed by atoms with Crippen LogP contribution in [0.4, 0.5) is 0 Å². The first-order valence-electron chi connectivity index (χ1n) is 5.47. The second-order valence-electron chi connectivity index (χ2n) is 4.28. The van der Waals surface area contributed by atoms with Gasteiger partial charge in [0.15, 0.2) is 0 Å². The van der Waals surface area contributed by atoms with Gasteiger partial charge in [0.05, 0.1) is 23.4 Å². The maximum Gasteiger partial charge on any atom is 0.0998 e. The van der Waals surface area contributed by atoms with E-state index in [-0.39, 0.29) is 6.42 Å². The van der Waals surface area contributed by atoms with Gasteiger partial charge in [-0.25, -0.2) is 0 Å². The second kappa shape index (κ2) is 4.46. The number of rotatable bonds is 1. The van der Waals surface area contributed by atoms with E-state index in [2.05, 4.69) is 12.1 Å². The molecule has 18 heavy (non-hydrogen) atoms. The van der Waals surface area contributed by atoms with Gasteiger partial charge in [-0.15, -0.1) is 0 Å². The highest BCUT2D eigenvalue weighted by molar-refractivity contribution is 5.83. The van der Waals surface area contributed by atoms with Crippen molar-refractivity contribution in [3.63, 3.8) is 0 Å². The Morgan fingerprint density at radius 3 is 2.50 bits per heavy atom. The lowest BCUT2D eigenvalue weighted by Gasteiger charge is -2.25. The van der Waals surface area contributed by atoms with Crippen LogP contribution in [0.15, 0.2) is 42.0 Å². The van der Waals surface area contributed by atoms with Crippen LogP contribution in [0.2, 0.25) is 0 Å². The number of allylic oxidation sites excluding steroid dienone is 2. The zero-order chi connectivity index (χ0) is 13.2. The minimum absolute atomic E-state index is 0.273. The molecule has 1 aliphatic rings. The largest absolute Gasteiger partial charge is 0.310 e. The molecule has 0 bridgehead atoms. The summed E-state index contributed by atoms with van der Waals surface area (Å²) in [6.07, 6.45) is 3.66. The Kier molecular flexibility index (Phi) is 2.99. The Morgan fingerprint density at radius 1 is 1.11 bits per heavy atom. The molecule has 4 nitrogen and oxygen atoms in total. The van der Waals surface area contributed by atoms with E-state index in [0.29, 0.717) is 11.1 Å². The van der Waals surface area contributed by atoms with Crippen LogP contribution < -0.4 is 11.5 Å². The van der Waals surface area contributed by atoms with Crippen LogP contribution in [0.25, 0.3) is 5.57 Å². The standard InChI is InChI=1S/C14H12N4/c15-8-10-3-1-2-4-12(10)13-5-6-14(17,18)7-11(13)9-16/h1-6H,7,17-18H2. The van der Waals surface area contributed by atoms with Gasteiger partial charge >= 0.3 is 0 Å². The van der Waals surface area contributed by atoms with Crippen LogP contribution in [0.1, 0.15) is 17.5 Å². The third-order valence-corrected chi connectivity index (χ3v) is 2.84. The number of benzene rings is 1. The second-order valence-corrected chi connectivity index (χ2v) is 4.28. The molecule has 0 saturated carbocycles. The van der Waals surface area contributed by atoms with Crippen molar-refractivity contribution >= 4 is 5.57 Å². The molecule has 1 aromatic carbocycles. The fourth-order valence-electron chi connectivity index (χ4n) is 1.97. The van der Waals surface area contributed by atoms with Gasteiger partial charge in [-0.05, 0) is 17.7 Å². The maximum atomic E-state index is 9.18. The number of nitriles is 2. The Bertz CT molecular complexity index is 624. The first-order chi connectivity index (χ1) is 8.57. The van der Waals surface area contributed by atoms with Crippen LogP contribution in [-0.4, -0.2) is 5.66 Å². The Balaban J connectivity index is 2.58. The Labute approximate surface area is 105 Å². The number of nitrogens with zero attached hydrogens (tertiary/aromatic N) is 2. The number of nitrogens with two attached hydrogens (primary N) is 2. The summed E-state index contributed by atoms with van der Waals surface area (Å²) in [6, 6.07) is 11.4. The molecule has 0 heterocycles. The van der Waals surface area contributed by atoms with Crippen molar-refractivity contribution in [2.45, 2.75) is 12.1 Å². The van der Waals surface area contributed by atoms with E-state index in [1.165, 1.54) is 0 Å². The Morgan fingerprint density at radius 2 is 1.83 bits per heavy atom. The van der Waals surface area contributed by atoms with Gasteiger partial charge in [-0.2, -0.15) is 10.5 Å². The molecule has 2 rings (SSSR count). The zero-order valence-electron chi connectivity index (χ0n) is 9.72. The Hall–Kier alpha value is -2.40. The highest BCUT2D eigenvalue weighted by Crippen LogP contribution is 2.30. The first-order valence-corrected chi connectivity index (χ1v) is 5.47. The molecule has 0 radical (unpaired) electrons. The number of hydrogen-bond acceptors (Lipinski definition) is 4. The minimum Gasteiger partial charge on any atom is -0.310 e. The highest BCUT2D eigenvalue weighted by atomic mass is 14.9. The fourth-order valence-corrected chi connectivity index (χ4v) is 1.97. The van der Waals surface area contributed by atoms with E-state index in [1.807, 2.05) is 12.1 Å². The predicted octanol–water partition coefficient (Wildman–Crippen LogP) is 1.41. The summed E-state index contributed by atoms with van der Waals surface area (Å²) in [5.74, 6) is 0. The summed E-state index contributed by atoms with van der Waals surface area (Å²) >= 11 is 0. The van der Waals surface area contributed by atoms with E-state index >= 15 is 0 Å². The van der Waals surface area contributed by atoms with Gasteiger partial charge in [0.2, 0.25) is 0 Å². The van der Waals surface area contributed by atoms with E-state index < -0.39 is 5.66 Å². The van der Waals surface area contributed by atoms with Crippen molar-refractivity contribution in [3.8, 4) is 12.1 Å². The summed E-state index contributed by atoms with van der Waals surface area (Å²) in [6.45, 7) is 0. The van der Waals surface area contributed by atoms with Gasteiger partial charge in [-0.3, -0.25) is 0 Å². The van der Waals surface area contributed by atoms with Crippen molar-refractivity contribution in [2.24, 2.45) is 11.5 Å². The van der Waals surface area contributed by atoms with E-state index in [9.17, 15) is 5.26 Å². The smallest absolute Gasteiger partial charge is 0.0998 e. The summed E-state index contributed by atoms with van der Waals surface area (Å²) < 4.78 is 0. The van der Waals surface area contributed by atoms with Crippen molar-refractivity contribution in [2.75, 3.05) is 0 Å². The molecular weight excluding hydrogens is 224 g/mol. The molecule has 1 aliphatic carbocycles. The van der Waals surface area contributed by atoms with Crippen LogP contribution in [-0.2, 0) is 0 Å². The van der Waals surface area contributed by atoms with Gasteiger partial charge in [0, 0.05) is 17.6 Å². The third kappa shape index (κ3) is 2.16. The molecule has 0 unspecified atom stereocenters. The van der Waals surface area contributed by atoms with Crippen molar-refractivity contribution in [1.29, 1.82) is 10.5 Å². The molecule has 0 fully saturated rings. The normalized spacial score (nSPS) is 17.1. The summed E-state index contributed by atoms with van der Waals surface area (Å²) in [5, 5.41) is 18.3. The molecule has 88 valence electrons. The highest BCUT2D eigenvalue weighted by Gasteiger charge is 2.24. The maximum absolute atomic E-state index is 9.18. The van der Waals surface area contributed by atoms with Gasteiger partial charge in [-0.1, -0.05) is 24.3 Å². The quantitative estimate of drug-likeness (QED) is 0.720. The predicted molar refractivity (Wildman–Crippen MR) is 68.6 cm³/mol. The first kappa shape index (κ1) is 12.1. The third-order valence-electron chi connectivity index (χ3n) is 2.84. The molecule has 1 aromatic rings. The molecule has 0 aromatic heterocycles. The average molecular weight is 236 g/mol. The van der Waals surface area contributed by atoms with Crippen molar-refractivity contribution < 1.29 is 0 Å². The lowest BCUT2D eigenvalue weighted by Crippen LogP contribution is -2.48. The van der Waals surface area contributed by atoms with E-state index in [4.69, 9.17) is 16.7 Å². The van der Waals surface area contributed by atoms with Crippen LogP contribution in [0, 0.1) is 22.7 Å². The summed E-state index contributed by atoms with van der Waals surface area (Å²) in [4.78, 5) is 0. The van der Waals surface area contributed by atoms with Gasteiger partial charge < -0.3 is 11.5 Å². The lowest BCUT2D eigenvalue weighted by molar-refractivity contribution is 0.550. The molecule has 0 spiro atoms. The summed E-state index contributed by atoms with van der Waals surface area (Å²) in [5.41, 5.74) is 13.1. The van der Waals surface area contributed by atoms with Gasteiger partial charge in [0.25, 0.3) is 0 Å². The molecular formula is C14H12N4. The van der Waals surface area contributed by atoms with Crippen molar-refractivity contribution in [1.82, 2.24) is 0 Å². The minimum atomic E-state index is -0.990. The lowest BCUT2D eigenvalue weighted by atomic mass is 9.86. The molecule has 4 heteroatoms. The van der Waals surface area contributed by atoms with Crippen molar-refractivity contribution in [3.05, 3.63) is 53.1 Å². The summed E-state index contributed by atoms with van der Waals surface area (Å²) in [7, 11) is 0. The topological polar surface area (TPSA) is 99.6 Å². The molecule has 4 N–H and O–H groups in total. The monoisotopic (exact) mass is 236 g/mol. The SMILES string of the molecule is N#CC1=C(c2ccccc2C#N)C=CC(N)(N)C1. The molecule has 0 amide bonds. The van der Waals surface area contributed by atoms with Crippen LogP contribution in [0.5, 0.6) is 0 Å². The van der Waals surface area contributed by atoms with Crippen LogP contribution in [0.3, 0.4) is 0 Å². The molecule has 0 saturated heterocycles. The zero-order valence-corrected chi connectivity index (χ0v) is 9.72. The average Bonchev–Trinajstić information content (AvgIpc) is 2.37. The van der Waals surface area contributed by atoms with E-state index in [1.54, 1.807) is 24.3 Å². The molecule has 0 atom stereocenters. The fraction of sp³-hybridized carbons (Fsp3) is 0.143. The van der Waals surface area contributed by atoms with E-state index in [0.717, 1.165) is 11.1 Å². The molecule has 0 aliphatic heterocycles. The van der Waals surface area contributed by atoms with Crippen LogP contribution >= 0.6 is 0 Å². The number of hydrogen-bond donors (Lipinski definition) is 2. The van der Waals surface area contributed by atoms with Gasteiger partial charge in [0.1, 0.15) is 0 Å².